The number of ether oxygens (including phenoxy) is 2. The first-order valence-corrected chi connectivity index (χ1v) is 9.18. The predicted molar refractivity (Wildman–Crippen MR) is 106 cm³/mol. The minimum absolute atomic E-state index is 0.0851. The molecule has 8 heteroatoms. The van der Waals surface area contributed by atoms with Crippen LogP contribution in [0.2, 0.25) is 5.02 Å². The molecule has 0 N–H and O–H groups in total. The third-order valence-electron chi connectivity index (χ3n) is 4.72. The zero-order valence-electron chi connectivity index (χ0n) is 15.2. The molecule has 0 aliphatic carbocycles. The van der Waals surface area contributed by atoms with E-state index in [-0.39, 0.29) is 11.5 Å². The van der Waals surface area contributed by atoms with E-state index in [2.05, 4.69) is 4.98 Å². The van der Waals surface area contributed by atoms with Crippen LogP contribution in [0.4, 0.5) is 0 Å². The van der Waals surface area contributed by atoms with E-state index in [1.807, 2.05) is 0 Å². The zero-order chi connectivity index (χ0) is 19.7. The lowest BCUT2D eigenvalue weighted by molar-refractivity contribution is 0.0303. The average molecular weight is 400 g/mol. The lowest BCUT2D eigenvalue weighted by atomic mass is 10.1. The molecule has 0 bridgehead atoms. The fourth-order valence-electron chi connectivity index (χ4n) is 3.19. The normalized spacial score (nSPS) is 14.3. The van der Waals surface area contributed by atoms with E-state index < -0.39 is 0 Å². The molecule has 7 nitrogen and oxygen atoms in total. The Hall–Kier alpha value is -2.90. The van der Waals surface area contributed by atoms with Gasteiger partial charge in [-0.25, -0.2) is 4.98 Å². The van der Waals surface area contributed by atoms with Gasteiger partial charge < -0.3 is 14.4 Å². The van der Waals surface area contributed by atoms with Gasteiger partial charge in [0, 0.05) is 18.7 Å². The molecule has 28 heavy (non-hydrogen) atoms. The lowest BCUT2D eigenvalue weighted by Crippen LogP contribution is -2.40. The van der Waals surface area contributed by atoms with Gasteiger partial charge in [0.15, 0.2) is 0 Å². The quantitative estimate of drug-likeness (QED) is 0.676. The van der Waals surface area contributed by atoms with Crippen molar-refractivity contribution in [1.82, 2.24) is 14.5 Å². The van der Waals surface area contributed by atoms with Gasteiger partial charge >= 0.3 is 0 Å². The first kappa shape index (κ1) is 18.5. The molecule has 2 heterocycles. The average Bonchev–Trinajstić information content (AvgIpc) is 2.74. The largest absolute Gasteiger partial charge is 0.495 e. The summed E-state index contributed by atoms with van der Waals surface area (Å²) in [6.45, 7) is 2.19. The Labute approximate surface area is 166 Å². The Morgan fingerprint density at radius 2 is 1.96 bits per heavy atom. The number of carbonyl (C=O) groups excluding carboxylic acids is 1. The van der Waals surface area contributed by atoms with Gasteiger partial charge in [-0.2, -0.15) is 0 Å². The first-order chi connectivity index (χ1) is 13.6. The molecule has 1 aliphatic rings. The number of halogens is 1. The van der Waals surface area contributed by atoms with E-state index in [0.29, 0.717) is 59.2 Å². The maximum absolute atomic E-state index is 12.9. The van der Waals surface area contributed by atoms with Crippen molar-refractivity contribution in [3.05, 3.63) is 63.7 Å². The summed E-state index contributed by atoms with van der Waals surface area (Å²) in [6.07, 6.45) is 1.44. The molecule has 0 saturated carbocycles. The number of hydrogen-bond acceptors (Lipinski definition) is 5. The molecular weight excluding hydrogens is 382 g/mol. The highest BCUT2D eigenvalue weighted by Gasteiger charge is 2.19. The molecule has 0 spiro atoms. The fraction of sp³-hybridized carbons (Fsp3) is 0.250. The maximum Gasteiger partial charge on any atom is 0.265 e. The van der Waals surface area contributed by atoms with Crippen LogP contribution in [0.5, 0.6) is 5.75 Å². The number of nitrogens with zero attached hydrogens (tertiary/aromatic N) is 3. The summed E-state index contributed by atoms with van der Waals surface area (Å²) < 4.78 is 11.8. The molecule has 2 aromatic carbocycles. The molecule has 1 saturated heterocycles. The van der Waals surface area contributed by atoms with Crippen molar-refractivity contribution >= 4 is 28.4 Å². The van der Waals surface area contributed by atoms with Gasteiger partial charge in [0.25, 0.3) is 11.5 Å². The Balaban J connectivity index is 1.71. The minimum atomic E-state index is -0.239. The second-order valence-electron chi connectivity index (χ2n) is 6.38. The summed E-state index contributed by atoms with van der Waals surface area (Å²) in [4.78, 5) is 31.7. The number of hydrogen-bond donors (Lipinski definition) is 0. The summed E-state index contributed by atoms with van der Waals surface area (Å²) in [7, 11) is 1.53. The summed E-state index contributed by atoms with van der Waals surface area (Å²) in [6, 6.07) is 10.0. The number of benzene rings is 2. The molecule has 1 aromatic heterocycles. The highest BCUT2D eigenvalue weighted by atomic mass is 35.5. The predicted octanol–water partition coefficient (Wildman–Crippen LogP) is 2.52. The molecule has 144 valence electrons. The molecule has 1 aliphatic heterocycles. The van der Waals surface area contributed by atoms with Crippen molar-refractivity contribution in [1.29, 1.82) is 0 Å². The summed E-state index contributed by atoms with van der Waals surface area (Å²) in [5.41, 5.74) is 1.32. The zero-order valence-corrected chi connectivity index (χ0v) is 16.0. The second kappa shape index (κ2) is 7.61. The second-order valence-corrected chi connectivity index (χ2v) is 6.78. The monoisotopic (exact) mass is 399 g/mol. The number of amides is 1. The third-order valence-corrected chi connectivity index (χ3v) is 5.01. The number of fused-ring (bicyclic) bond motifs is 1. The van der Waals surface area contributed by atoms with Crippen LogP contribution in [0.1, 0.15) is 10.4 Å². The Morgan fingerprint density at radius 1 is 1.18 bits per heavy atom. The van der Waals surface area contributed by atoms with Crippen molar-refractivity contribution in [2.24, 2.45) is 0 Å². The number of methoxy groups -OCH3 is 1. The highest BCUT2D eigenvalue weighted by Crippen LogP contribution is 2.26. The standard InChI is InChI=1S/C20H18ClN3O4/c1-27-18-5-3-14(11-16(18)21)24-12-22-17-10-13(2-4-15(17)20(24)26)19(25)23-6-8-28-9-7-23/h2-5,10-12H,6-9H2,1H3. The van der Waals surface area contributed by atoms with Crippen LogP contribution in [0, 0.1) is 0 Å². The van der Waals surface area contributed by atoms with Crippen LogP contribution in [0.25, 0.3) is 16.6 Å². The molecular formula is C20H18ClN3O4. The van der Waals surface area contributed by atoms with E-state index in [4.69, 9.17) is 21.1 Å². The number of morpholine rings is 1. The maximum atomic E-state index is 12.9. The Morgan fingerprint density at radius 3 is 2.68 bits per heavy atom. The van der Waals surface area contributed by atoms with Crippen LogP contribution < -0.4 is 10.3 Å². The lowest BCUT2D eigenvalue weighted by Gasteiger charge is -2.26. The van der Waals surface area contributed by atoms with Crippen LogP contribution in [-0.4, -0.2) is 53.8 Å². The van der Waals surface area contributed by atoms with E-state index in [0.717, 1.165) is 0 Å². The molecule has 1 fully saturated rings. The third kappa shape index (κ3) is 3.34. The molecule has 0 atom stereocenters. The smallest absolute Gasteiger partial charge is 0.265 e. The molecule has 4 rings (SSSR count). The van der Waals surface area contributed by atoms with Crippen molar-refractivity contribution in [3.8, 4) is 11.4 Å². The Kier molecular flexibility index (Phi) is 5.02. The summed E-state index contributed by atoms with van der Waals surface area (Å²) in [5, 5.41) is 0.825. The van der Waals surface area contributed by atoms with Gasteiger partial charge in [0.2, 0.25) is 0 Å². The number of aromatic nitrogens is 2. The molecule has 1 amide bonds. The molecule has 0 radical (unpaired) electrons. The van der Waals surface area contributed by atoms with Crippen LogP contribution >= 0.6 is 11.6 Å². The molecule has 0 unspecified atom stereocenters. The van der Waals surface area contributed by atoms with Crippen LogP contribution in [-0.2, 0) is 4.74 Å². The topological polar surface area (TPSA) is 73.7 Å². The Bertz CT molecular complexity index is 1110. The fourth-order valence-corrected chi connectivity index (χ4v) is 3.44. The van der Waals surface area contributed by atoms with Gasteiger partial charge in [0.05, 0.1) is 41.9 Å². The van der Waals surface area contributed by atoms with E-state index in [9.17, 15) is 9.59 Å². The minimum Gasteiger partial charge on any atom is -0.495 e. The van der Waals surface area contributed by atoms with Crippen molar-refractivity contribution < 1.29 is 14.3 Å². The van der Waals surface area contributed by atoms with Gasteiger partial charge in [-0.05, 0) is 36.4 Å². The van der Waals surface area contributed by atoms with Gasteiger partial charge in [0.1, 0.15) is 12.1 Å². The van der Waals surface area contributed by atoms with Crippen molar-refractivity contribution in [2.75, 3.05) is 33.4 Å². The SMILES string of the molecule is COc1ccc(-n2cnc3cc(C(=O)N4CCOCC4)ccc3c2=O)cc1Cl. The summed E-state index contributed by atoms with van der Waals surface area (Å²) >= 11 is 6.17. The van der Waals surface area contributed by atoms with Crippen LogP contribution in [0.3, 0.4) is 0 Å². The number of carbonyl (C=O) groups is 1. The van der Waals surface area contributed by atoms with E-state index >= 15 is 0 Å². The van der Waals surface area contributed by atoms with Gasteiger partial charge in [-0.1, -0.05) is 11.6 Å². The van der Waals surface area contributed by atoms with Crippen LogP contribution in [0.15, 0.2) is 47.5 Å². The highest BCUT2D eigenvalue weighted by molar-refractivity contribution is 6.32. The summed E-state index contributed by atoms with van der Waals surface area (Å²) in [5.74, 6) is 0.441. The van der Waals surface area contributed by atoms with Gasteiger partial charge in [-0.3, -0.25) is 14.2 Å². The van der Waals surface area contributed by atoms with E-state index in [1.54, 1.807) is 41.3 Å². The van der Waals surface area contributed by atoms with Crippen molar-refractivity contribution in [3.63, 3.8) is 0 Å². The first-order valence-electron chi connectivity index (χ1n) is 8.81. The van der Waals surface area contributed by atoms with Crippen molar-refractivity contribution in [2.45, 2.75) is 0 Å². The number of rotatable bonds is 3. The molecule has 3 aromatic rings. The van der Waals surface area contributed by atoms with Gasteiger partial charge in [-0.15, -0.1) is 0 Å². The van der Waals surface area contributed by atoms with E-state index in [1.165, 1.54) is 18.0 Å².